The summed E-state index contributed by atoms with van der Waals surface area (Å²) in [6.45, 7) is 2.07. The average Bonchev–Trinajstić information content (AvgIpc) is 3.48. The number of nitrogens with zero attached hydrogens (tertiary/aromatic N) is 1. The van der Waals surface area contributed by atoms with E-state index in [9.17, 15) is 53.0 Å². The highest BCUT2D eigenvalue weighted by Gasteiger charge is 2.58. The lowest BCUT2D eigenvalue weighted by Gasteiger charge is -2.29. The lowest BCUT2D eigenvalue weighted by atomic mass is 10.0. The zero-order valence-corrected chi connectivity index (χ0v) is 32.5. The first-order valence-electron chi connectivity index (χ1n) is 17.9. The lowest BCUT2D eigenvalue weighted by molar-refractivity contribution is -0.167. The number of alkyl halides is 2. The van der Waals surface area contributed by atoms with E-state index in [4.69, 9.17) is 14.2 Å². The van der Waals surface area contributed by atoms with Crippen LogP contribution < -0.4 is 10.1 Å². The molecule has 0 radical (unpaired) electrons. The molecule has 1 aliphatic heterocycles. The normalized spacial score (nSPS) is 15.8. The van der Waals surface area contributed by atoms with E-state index in [2.05, 4.69) is 5.32 Å². The molecule has 56 heavy (non-hydrogen) atoms. The van der Waals surface area contributed by atoms with Crippen molar-refractivity contribution in [3.63, 3.8) is 0 Å². The molecular weight excluding hydrogens is 784 g/mol. The summed E-state index contributed by atoms with van der Waals surface area (Å²) in [5, 5.41) is 8.48. The Hall–Kier alpha value is -4.02. The van der Waals surface area contributed by atoms with Crippen LogP contribution in [0.4, 0.5) is 13.6 Å². The number of halogens is 2. The molecule has 2 aromatic rings. The molecule has 1 heterocycles. The lowest BCUT2D eigenvalue weighted by Crippen LogP contribution is -2.36. The Labute approximate surface area is 322 Å². The van der Waals surface area contributed by atoms with Crippen molar-refractivity contribution in [3.8, 4) is 5.75 Å². The first-order chi connectivity index (χ1) is 26.3. The maximum absolute atomic E-state index is 15.9. The van der Waals surface area contributed by atoms with Crippen LogP contribution in [0.1, 0.15) is 75.8 Å². The third-order valence-electron chi connectivity index (χ3n) is 8.87. The number of likely N-dealkylation sites (tertiary alicyclic amines) is 1. The molecule has 0 aromatic heterocycles. The molecule has 2 atom stereocenters. The Morgan fingerprint density at radius 3 is 2.21 bits per heavy atom. The molecule has 0 spiro atoms. The second-order valence-electron chi connectivity index (χ2n) is 13.0. The van der Waals surface area contributed by atoms with E-state index in [1.54, 1.807) is 17.9 Å². The van der Waals surface area contributed by atoms with Crippen LogP contribution >= 0.6 is 15.2 Å². The van der Waals surface area contributed by atoms with Crippen molar-refractivity contribution in [2.24, 2.45) is 0 Å². The van der Waals surface area contributed by atoms with E-state index in [1.807, 2.05) is 0 Å². The Bertz CT molecular complexity index is 1730. The fraction of sp³-hybridized carbons (Fsp3) is 0.500. The molecule has 1 aliphatic rings. The minimum Gasteiger partial charge on any atom is -0.466 e. The molecule has 20 heteroatoms. The number of esters is 2. The predicted octanol–water partition coefficient (Wildman–Crippen LogP) is 4.86. The summed E-state index contributed by atoms with van der Waals surface area (Å²) in [7, 11) is -11.3. The Morgan fingerprint density at radius 2 is 1.59 bits per heavy atom. The van der Waals surface area contributed by atoms with Gasteiger partial charge < -0.3 is 49.1 Å². The van der Waals surface area contributed by atoms with Gasteiger partial charge in [-0.3, -0.25) is 23.5 Å². The van der Waals surface area contributed by atoms with Gasteiger partial charge in [-0.05, 0) is 56.4 Å². The molecule has 16 nitrogen and oxygen atoms in total. The fourth-order valence-corrected chi connectivity index (χ4v) is 8.07. The van der Waals surface area contributed by atoms with E-state index in [0.717, 1.165) is 18.9 Å². The SMILES string of the molecule is CCOC(=O)CCCCCCN1C(=O)CC[C@@H]1/C=C/[C@@H](OC(=O)Cc1ccc(OC(=O)NCCCC(O)(P(=O)(O)O)P(=O)(O)O)cc1)C(F)(F)c1ccccc1. The van der Waals surface area contributed by atoms with Crippen LogP contribution in [0.2, 0.25) is 0 Å². The molecule has 6 N–H and O–H groups in total. The molecule has 0 bridgehead atoms. The standard InChI is InChI=1S/C36H48F2N2O14P2/c1-2-52-32(42)13-8-3-4-9-24-40-28(17-21-31(40)41)16-20-30(36(37,38)27-11-6-5-7-12-27)54-33(43)25-26-14-18-29(19-15-26)53-34(44)39-23-10-22-35(45,55(46,47)48)56(49,50)51/h5-7,11-12,14-16,18-20,28,30,45H,2-4,8-10,13,17,21-25H2,1H3,(H,39,44)(H2,46,47,48)(H2,49,50,51)/b20-16+/t28-,30+/m0/s1. The molecule has 0 unspecified atom stereocenters. The average molecular weight is 833 g/mol. The first-order valence-corrected chi connectivity index (χ1v) is 21.2. The number of benzene rings is 2. The van der Waals surface area contributed by atoms with Crippen LogP contribution in [0.25, 0.3) is 0 Å². The topological polar surface area (TPSA) is 247 Å². The smallest absolute Gasteiger partial charge is 0.412 e. The first kappa shape index (κ1) is 46.4. The fourth-order valence-electron chi connectivity index (χ4n) is 5.82. The van der Waals surface area contributed by atoms with Gasteiger partial charge in [-0.1, -0.05) is 61.4 Å². The van der Waals surface area contributed by atoms with Gasteiger partial charge in [0.1, 0.15) is 5.75 Å². The second-order valence-corrected chi connectivity index (χ2v) is 17.1. The summed E-state index contributed by atoms with van der Waals surface area (Å²) in [5.74, 6) is -5.03. The van der Waals surface area contributed by atoms with Crippen molar-refractivity contribution in [1.82, 2.24) is 10.2 Å². The number of carbonyl (C=O) groups is 4. The van der Waals surface area contributed by atoms with Crippen molar-refractivity contribution >= 4 is 39.1 Å². The number of carbonyl (C=O) groups excluding carboxylic acids is 4. The van der Waals surface area contributed by atoms with Gasteiger partial charge in [-0.15, -0.1) is 0 Å². The highest BCUT2D eigenvalue weighted by molar-refractivity contribution is 7.72. The summed E-state index contributed by atoms with van der Waals surface area (Å²) in [6.07, 6.45) is 1.35. The van der Waals surface area contributed by atoms with E-state index >= 15 is 8.78 Å². The Kier molecular flexibility index (Phi) is 17.3. The number of nitrogens with one attached hydrogen (secondary N) is 1. The van der Waals surface area contributed by atoms with Gasteiger partial charge in [0.2, 0.25) is 5.91 Å². The van der Waals surface area contributed by atoms with Crippen molar-refractivity contribution < 1.29 is 76.0 Å². The van der Waals surface area contributed by atoms with Crippen LogP contribution in [-0.4, -0.2) is 90.4 Å². The minimum absolute atomic E-state index is 0.0229. The van der Waals surface area contributed by atoms with Gasteiger partial charge in [-0.25, -0.2) is 4.79 Å². The van der Waals surface area contributed by atoms with Crippen LogP contribution in [0.15, 0.2) is 66.7 Å². The zero-order chi connectivity index (χ0) is 41.6. The van der Waals surface area contributed by atoms with E-state index in [-0.39, 0.29) is 36.2 Å². The highest BCUT2D eigenvalue weighted by atomic mass is 31.2. The summed E-state index contributed by atoms with van der Waals surface area (Å²) in [4.78, 5) is 87.8. The molecule has 1 fully saturated rings. The summed E-state index contributed by atoms with van der Waals surface area (Å²) in [6, 6.07) is 11.7. The second kappa shape index (κ2) is 20.9. The molecule has 310 valence electrons. The van der Waals surface area contributed by atoms with Crippen molar-refractivity contribution in [2.45, 2.75) is 94.3 Å². The largest absolute Gasteiger partial charge is 0.466 e. The maximum Gasteiger partial charge on any atom is 0.412 e. The van der Waals surface area contributed by atoms with Crippen molar-refractivity contribution in [1.29, 1.82) is 0 Å². The van der Waals surface area contributed by atoms with Crippen LogP contribution in [0.5, 0.6) is 5.75 Å². The number of aliphatic hydroxyl groups is 1. The molecule has 1 saturated heterocycles. The van der Waals surface area contributed by atoms with E-state index in [1.165, 1.54) is 54.6 Å². The summed E-state index contributed by atoms with van der Waals surface area (Å²) in [5.41, 5.74) is -0.0684. The molecule has 3 rings (SSSR count). The molecule has 0 aliphatic carbocycles. The van der Waals surface area contributed by atoms with Gasteiger partial charge in [0, 0.05) is 37.9 Å². The van der Waals surface area contributed by atoms with Crippen molar-refractivity contribution in [3.05, 3.63) is 77.9 Å². The molecule has 2 amide bonds. The predicted molar refractivity (Wildman–Crippen MR) is 196 cm³/mol. The highest BCUT2D eigenvalue weighted by Crippen LogP contribution is 2.69. The number of hydrogen-bond acceptors (Lipinski definition) is 10. The summed E-state index contributed by atoms with van der Waals surface area (Å²) < 4.78 is 70.0. The van der Waals surface area contributed by atoms with Gasteiger partial charge in [-0.2, -0.15) is 8.78 Å². The van der Waals surface area contributed by atoms with E-state index in [0.29, 0.717) is 44.4 Å². The summed E-state index contributed by atoms with van der Waals surface area (Å²) >= 11 is 0. The third-order valence-corrected chi connectivity index (χ3v) is 12.7. The van der Waals surface area contributed by atoms with Gasteiger partial charge in [0.25, 0.3) is 5.08 Å². The van der Waals surface area contributed by atoms with Gasteiger partial charge >= 0.3 is 39.1 Å². The number of amides is 2. The molecular formula is C36H48F2N2O14P2. The number of unbranched alkanes of at least 4 members (excludes halogenated alkanes) is 3. The van der Waals surface area contributed by atoms with E-state index < -0.39 is 69.7 Å². The van der Waals surface area contributed by atoms with Crippen LogP contribution in [0, 0.1) is 0 Å². The Morgan fingerprint density at radius 1 is 0.946 bits per heavy atom. The van der Waals surface area contributed by atoms with Gasteiger partial charge in [0.15, 0.2) is 6.10 Å². The minimum atomic E-state index is -5.64. The monoisotopic (exact) mass is 832 g/mol. The van der Waals surface area contributed by atoms with Gasteiger partial charge in [0.05, 0.1) is 19.1 Å². The zero-order valence-electron chi connectivity index (χ0n) is 30.7. The Balaban J connectivity index is 1.59. The quantitative estimate of drug-likeness (QED) is 0.0402. The molecule has 0 saturated carbocycles. The van der Waals surface area contributed by atoms with Crippen LogP contribution in [-0.2, 0) is 45.3 Å². The molecule has 2 aromatic carbocycles. The number of rotatable bonds is 22. The maximum atomic E-state index is 15.9. The third kappa shape index (κ3) is 13.6. The number of ether oxygens (including phenoxy) is 3. The van der Waals surface area contributed by atoms with Crippen molar-refractivity contribution in [2.75, 3.05) is 19.7 Å². The van der Waals surface area contributed by atoms with Crippen LogP contribution in [0.3, 0.4) is 0 Å². The number of hydrogen-bond donors (Lipinski definition) is 6.